The molecule has 13 heavy (non-hydrogen) atoms. The van der Waals surface area contributed by atoms with Crippen LogP contribution in [-0.4, -0.2) is 37.5 Å². The molecule has 0 aliphatic carbocycles. The number of carbonyl (C=O) groups excluding carboxylic acids is 1. The zero-order valence-corrected chi connectivity index (χ0v) is 7.91. The molecular formula is C9H14O4. The van der Waals surface area contributed by atoms with Gasteiger partial charge >= 0.3 is 5.97 Å². The minimum atomic E-state index is -0.381. The molecule has 74 valence electrons. The van der Waals surface area contributed by atoms with Crippen molar-refractivity contribution in [2.75, 3.05) is 13.7 Å². The minimum absolute atomic E-state index is 0.245. The molecule has 2 fully saturated rings. The number of ether oxygens (including phenoxy) is 3. The SMILES string of the molecule is CCC1CC2(CO1)OC2C(=O)OC. The van der Waals surface area contributed by atoms with Crippen LogP contribution in [0.15, 0.2) is 0 Å². The van der Waals surface area contributed by atoms with Gasteiger partial charge in [0, 0.05) is 6.42 Å². The Morgan fingerprint density at radius 1 is 1.69 bits per heavy atom. The molecule has 0 N–H and O–H groups in total. The van der Waals surface area contributed by atoms with Crippen LogP contribution in [0, 0.1) is 0 Å². The molecule has 3 unspecified atom stereocenters. The maximum absolute atomic E-state index is 11.1. The fourth-order valence-electron chi connectivity index (χ4n) is 1.86. The molecule has 0 saturated carbocycles. The van der Waals surface area contributed by atoms with Crippen LogP contribution >= 0.6 is 0 Å². The number of carbonyl (C=O) groups is 1. The van der Waals surface area contributed by atoms with E-state index in [1.54, 1.807) is 0 Å². The molecule has 0 aromatic carbocycles. The van der Waals surface area contributed by atoms with Crippen molar-refractivity contribution in [3.05, 3.63) is 0 Å². The van der Waals surface area contributed by atoms with Crippen molar-refractivity contribution < 1.29 is 19.0 Å². The summed E-state index contributed by atoms with van der Waals surface area (Å²) >= 11 is 0. The van der Waals surface area contributed by atoms with Gasteiger partial charge in [0.05, 0.1) is 19.8 Å². The van der Waals surface area contributed by atoms with E-state index in [0.717, 1.165) is 12.8 Å². The molecule has 2 aliphatic heterocycles. The highest BCUT2D eigenvalue weighted by Gasteiger charge is 2.65. The third kappa shape index (κ3) is 1.34. The summed E-state index contributed by atoms with van der Waals surface area (Å²) in [5.74, 6) is -0.277. The van der Waals surface area contributed by atoms with Crippen molar-refractivity contribution in [1.29, 1.82) is 0 Å². The smallest absolute Gasteiger partial charge is 0.338 e. The lowest BCUT2D eigenvalue weighted by atomic mass is 10.0. The number of methoxy groups -OCH3 is 1. The summed E-state index contributed by atoms with van der Waals surface area (Å²) in [5, 5.41) is 0. The first kappa shape index (κ1) is 8.97. The molecule has 2 rings (SSSR count). The monoisotopic (exact) mass is 186 g/mol. The first-order chi connectivity index (χ1) is 6.22. The van der Waals surface area contributed by atoms with Gasteiger partial charge in [-0.25, -0.2) is 4.79 Å². The summed E-state index contributed by atoms with van der Waals surface area (Å²) in [6.07, 6.45) is 1.66. The lowest BCUT2D eigenvalue weighted by Gasteiger charge is -2.01. The Kier molecular flexibility index (Phi) is 2.04. The van der Waals surface area contributed by atoms with Gasteiger partial charge in [-0.15, -0.1) is 0 Å². The molecule has 0 radical (unpaired) electrons. The number of rotatable bonds is 2. The van der Waals surface area contributed by atoms with Gasteiger partial charge < -0.3 is 14.2 Å². The minimum Gasteiger partial charge on any atom is -0.467 e. The van der Waals surface area contributed by atoms with E-state index in [4.69, 9.17) is 9.47 Å². The molecule has 2 aliphatic rings. The molecule has 0 aromatic heterocycles. The van der Waals surface area contributed by atoms with Crippen LogP contribution < -0.4 is 0 Å². The van der Waals surface area contributed by atoms with E-state index in [0.29, 0.717) is 6.61 Å². The average Bonchev–Trinajstić information content (AvgIpc) is 2.67. The number of esters is 1. The van der Waals surface area contributed by atoms with Gasteiger partial charge in [0.1, 0.15) is 5.60 Å². The Bertz CT molecular complexity index is 228. The molecule has 0 bridgehead atoms. The number of hydrogen-bond donors (Lipinski definition) is 0. The molecule has 4 heteroatoms. The van der Waals surface area contributed by atoms with E-state index >= 15 is 0 Å². The molecular weight excluding hydrogens is 172 g/mol. The predicted molar refractivity (Wildman–Crippen MR) is 44.3 cm³/mol. The zero-order valence-electron chi connectivity index (χ0n) is 7.91. The van der Waals surface area contributed by atoms with Crippen LogP contribution in [0.4, 0.5) is 0 Å². The fourth-order valence-corrected chi connectivity index (χ4v) is 1.86. The maximum atomic E-state index is 11.1. The van der Waals surface area contributed by atoms with E-state index in [1.165, 1.54) is 7.11 Å². The second-order valence-corrected chi connectivity index (χ2v) is 3.63. The van der Waals surface area contributed by atoms with Crippen molar-refractivity contribution in [1.82, 2.24) is 0 Å². The second-order valence-electron chi connectivity index (χ2n) is 3.63. The summed E-state index contributed by atoms with van der Waals surface area (Å²) < 4.78 is 15.4. The highest BCUT2D eigenvalue weighted by molar-refractivity contribution is 5.79. The van der Waals surface area contributed by atoms with Crippen LogP contribution in [0.3, 0.4) is 0 Å². The van der Waals surface area contributed by atoms with E-state index in [-0.39, 0.29) is 23.8 Å². The Hall–Kier alpha value is -0.610. The molecule has 1 spiro atoms. The first-order valence-corrected chi connectivity index (χ1v) is 4.59. The van der Waals surface area contributed by atoms with Crippen LogP contribution in [0.25, 0.3) is 0 Å². The molecule has 0 aromatic rings. The molecule has 3 atom stereocenters. The van der Waals surface area contributed by atoms with Crippen molar-refractivity contribution >= 4 is 5.97 Å². The lowest BCUT2D eigenvalue weighted by molar-refractivity contribution is -0.142. The summed E-state index contributed by atoms with van der Waals surface area (Å²) in [6.45, 7) is 2.60. The third-order valence-corrected chi connectivity index (χ3v) is 2.78. The largest absolute Gasteiger partial charge is 0.467 e. The summed E-state index contributed by atoms with van der Waals surface area (Å²) in [7, 11) is 1.38. The predicted octanol–water partition coefficient (Wildman–Crippen LogP) is 0.496. The molecule has 4 nitrogen and oxygen atoms in total. The highest BCUT2D eigenvalue weighted by Crippen LogP contribution is 2.46. The lowest BCUT2D eigenvalue weighted by Crippen LogP contribution is -2.22. The van der Waals surface area contributed by atoms with Crippen LogP contribution in [-0.2, 0) is 19.0 Å². The topological polar surface area (TPSA) is 48.1 Å². The standard InChI is InChI=1S/C9H14O4/c1-3-6-4-9(5-12-6)7(13-9)8(10)11-2/h6-7H,3-5H2,1-2H3. The van der Waals surface area contributed by atoms with E-state index in [2.05, 4.69) is 11.7 Å². The third-order valence-electron chi connectivity index (χ3n) is 2.78. The molecule has 2 heterocycles. The number of epoxide rings is 1. The van der Waals surface area contributed by atoms with E-state index in [9.17, 15) is 4.79 Å². The Morgan fingerprint density at radius 3 is 3.00 bits per heavy atom. The quantitative estimate of drug-likeness (QED) is 0.465. The molecule has 2 saturated heterocycles. The van der Waals surface area contributed by atoms with Gasteiger partial charge in [-0.2, -0.15) is 0 Å². The Labute approximate surface area is 77.1 Å². The van der Waals surface area contributed by atoms with Gasteiger partial charge in [0.15, 0.2) is 6.10 Å². The first-order valence-electron chi connectivity index (χ1n) is 4.59. The van der Waals surface area contributed by atoms with Gasteiger partial charge in [0.2, 0.25) is 0 Å². The van der Waals surface area contributed by atoms with Gasteiger partial charge in [-0.3, -0.25) is 0 Å². The fraction of sp³-hybridized carbons (Fsp3) is 0.889. The summed E-state index contributed by atoms with van der Waals surface area (Å²) in [6, 6.07) is 0. The van der Waals surface area contributed by atoms with Crippen LogP contribution in [0.1, 0.15) is 19.8 Å². The van der Waals surface area contributed by atoms with Gasteiger partial charge in [0.25, 0.3) is 0 Å². The van der Waals surface area contributed by atoms with Crippen molar-refractivity contribution in [3.63, 3.8) is 0 Å². The van der Waals surface area contributed by atoms with E-state index < -0.39 is 0 Å². The van der Waals surface area contributed by atoms with E-state index in [1.807, 2.05) is 0 Å². The van der Waals surface area contributed by atoms with Crippen LogP contribution in [0.5, 0.6) is 0 Å². The maximum Gasteiger partial charge on any atom is 0.338 e. The van der Waals surface area contributed by atoms with Crippen molar-refractivity contribution in [2.45, 2.75) is 37.6 Å². The average molecular weight is 186 g/mol. The zero-order chi connectivity index (χ0) is 9.47. The highest BCUT2D eigenvalue weighted by atomic mass is 16.7. The molecule has 0 amide bonds. The Morgan fingerprint density at radius 2 is 2.46 bits per heavy atom. The second kappa shape index (κ2) is 2.96. The van der Waals surface area contributed by atoms with Gasteiger partial charge in [-0.1, -0.05) is 6.92 Å². The van der Waals surface area contributed by atoms with Gasteiger partial charge in [-0.05, 0) is 6.42 Å². The normalized spacial score (nSPS) is 42.3. The van der Waals surface area contributed by atoms with Crippen LogP contribution in [0.2, 0.25) is 0 Å². The summed E-state index contributed by atoms with van der Waals surface area (Å²) in [5.41, 5.74) is -0.340. The summed E-state index contributed by atoms with van der Waals surface area (Å²) in [4.78, 5) is 11.1. The number of hydrogen-bond acceptors (Lipinski definition) is 4. The van der Waals surface area contributed by atoms with Crippen molar-refractivity contribution in [2.24, 2.45) is 0 Å². The van der Waals surface area contributed by atoms with Crippen molar-refractivity contribution in [3.8, 4) is 0 Å². The Balaban J connectivity index is 1.93.